The fourth-order valence-corrected chi connectivity index (χ4v) is 2.34. The number of benzene rings is 1. The van der Waals surface area contributed by atoms with Crippen LogP contribution in [-0.2, 0) is 5.54 Å². The lowest BCUT2D eigenvalue weighted by Crippen LogP contribution is -2.35. The molecule has 1 atom stereocenters. The highest BCUT2D eigenvalue weighted by atomic mass is 19.1. The zero-order valence-electron chi connectivity index (χ0n) is 11.0. The summed E-state index contributed by atoms with van der Waals surface area (Å²) < 4.78 is 13.0. The van der Waals surface area contributed by atoms with Crippen molar-refractivity contribution in [3.8, 4) is 0 Å². The van der Waals surface area contributed by atoms with Gasteiger partial charge in [-0.3, -0.25) is 9.97 Å². The van der Waals surface area contributed by atoms with Crippen LogP contribution in [0, 0.1) is 5.82 Å². The SMILES string of the molecule is CC(N)(c1ccc(F)cn1)c1cccc2cccnc12. The van der Waals surface area contributed by atoms with Gasteiger partial charge in [0.05, 0.1) is 22.9 Å². The smallest absolute Gasteiger partial charge is 0.141 e. The highest BCUT2D eigenvalue weighted by Crippen LogP contribution is 2.29. The van der Waals surface area contributed by atoms with Crippen molar-refractivity contribution in [3.05, 3.63) is 71.9 Å². The van der Waals surface area contributed by atoms with Gasteiger partial charge in [-0.2, -0.15) is 0 Å². The van der Waals surface area contributed by atoms with Crippen molar-refractivity contribution in [1.82, 2.24) is 9.97 Å². The second-order valence-electron chi connectivity index (χ2n) is 4.94. The van der Waals surface area contributed by atoms with E-state index in [1.165, 1.54) is 12.3 Å². The lowest BCUT2D eigenvalue weighted by Gasteiger charge is -2.25. The molecule has 20 heavy (non-hydrogen) atoms. The summed E-state index contributed by atoms with van der Waals surface area (Å²) in [6.07, 6.45) is 2.92. The van der Waals surface area contributed by atoms with Crippen LogP contribution in [0.3, 0.4) is 0 Å². The van der Waals surface area contributed by atoms with E-state index in [4.69, 9.17) is 5.73 Å². The number of halogens is 1. The van der Waals surface area contributed by atoms with Gasteiger partial charge in [0.15, 0.2) is 0 Å². The monoisotopic (exact) mass is 267 g/mol. The van der Waals surface area contributed by atoms with Gasteiger partial charge >= 0.3 is 0 Å². The van der Waals surface area contributed by atoms with Crippen molar-refractivity contribution in [1.29, 1.82) is 0 Å². The average Bonchev–Trinajstić information content (AvgIpc) is 2.47. The first-order valence-corrected chi connectivity index (χ1v) is 6.34. The molecule has 0 saturated carbocycles. The molecular formula is C16H14FN3. The Morgan fingerprint density at radius 3 is 2.60 bits per heavy atom. The van der Waals surface area contributed by atoms with Gasteiger partial charge in [0, 0.05) is 17.1 Å². The van der Waals surface area contributed by atoms with Crippen LogP contribution >= 0.6 is 0 Å². The first kappa shape index (κ1) is 12.7. The molecule has 0 saturated heterocycles. The lowest BCUT2D eigenvalue weighted by molar-refractivity contribution is 0.571. The highest BCUT2D eigenvalue weighted by molar-refractivity contribution is 5.83. The Kier molecular flexibility index (Phi) is 2.95. The molecular weight excluding hydrogens is 253 g/mol. The molecule has 0 aliphatic carbocycles. The van der Waals surface area contributed by atoms with Gasteiger partial charge in [-0.1, -0.05) is 24.3 Å². The number of fused-ring (bicyclic) bond motifs is 1. The van der Waals surface area contributed by atoms with E-state index in [1.54, 1.807) is 12.3 Å². The zero-order valence-corrected chi connectivity index (χ0v) is 11.0. The summed E-state index contributed by atoms with van der Waals surface area (Å²) in [6, 6.07) is 12.7. The molecule has 3 aromatic rings. The van der Waals surface area contributed by atoms with Crippen LogP contribution in [-0.4, -0.2) is 9.97 Å². The van der Waals surface area contributed by atoms with Crippen LogP contribution in [0.1, 0.15) is 18.2 Å². The Bertz CT molecular complexity index is 746. The van der Waals surface area contributed by atoms with Gasteiger partial charge in [-0.25, -0.2) is 4.39 Å². The zero-order chi connectivity index (χ0) is 14.2. The molecule has 2 heterocycles. The van der Waals surface area contributed by atoms with Crippen molar-refractivity contribution in [3.63, 3.8) is 0 Å². The molecule has 0 radical (unpaired) electrons. The van der Waals surface area contributed by atoms with Crippen molar-refractivity contribution in [2.75, 3.05) is 0 Å². The van der Waals surface area contributed by atoms with Crippen LogP contribution in [0.2, 0.25) is 0 Å². The van der Waals surface area contributed by atoms with E-state index in [1.807, 2.05) is 37.3 Å². The van der Waals surface area contributed by atoms with Crippen molar-refractivity contribution >= 4 is 10.9 Å². The fraction of sp³-hybridized carbons (Fsp3) is 0.125. The molecule has 0 amide bonds. The van der Waals surface area contributed by atoms with E-state index in [0.717, 1.165) is 16.5 Å². The minimum absolute atomic E-state index is 0.374. The highest BCUT2D eigenvalue weighted by Gasteiger charge is 2.27. The minimum atomic E-state index is -0.832. The maximum Gasteiger partial charge on any atom is 0.141 e. The van der Waals surface area contributed by atoms with Gasteiger partial charge in [0.25, 0.3) is 0 Å². The Labute approximate surface area is 116 Å². The van der Waals surface area contributed by atoms with Crippen LogP contribution in [0.25, 0.3) is 10.9 Å². The van der Waals surface area contributed by atoms with E-state index in [2.05, 4.69) is 9.97 Å². The summed E-state index contributed by atoms with van der Waals surface area (Å²) in [5, 5.41) is 1.02. The predicted octanol–water partition coefficient (Wildman–Crippen LogP) is 2.99. The molecule has 100 valence electrons. The molecule has 3 nitrogen and oxygen atoms in total. The molecule has 2 N–H and O–H groups in total. The average molecular weight is 267 g/mol. The van der Waals surface area contributed by atoms with Crippen LogP contribution < -0.4 is 5.73 Å². The summed E-state index contributed by atoms with van der Waals surface area (Å²) in [4.78, 5) is 8.51. The molecule has 2 aromatic heterocycles. The topological polar surface area (TPSA) is 51.8 Å². The Balaban J connectivity index is 2.20. The fourth-order valence-electron chi connectivity index (χ4n) is 2.34. The third-order valence-electron chi connectivity index (χ3n) is 3.45. The van der Waals surface area contributed by atoms with Crippen molar-refractivity contribution < 1.29 is 4.39 Å². The minimum Gasteiger partial charge on any atom is -0.317 e. The third kappa shape index (κ3) is 2.04. The summed E-state index contributed by atoms with van der Waals surface area (Å²) in [7, 11) is 0. The van der Waals surface area contributed by atoms with E-state index < -0.39 is 5.54 Å². The van der Waals surface area contributed by atoms with Gasteiger partial charge in [0.1, 0.15) is 5.82 Å². The molecule has 0 spiro atoms. The van der Waals surface area contributed by atoms with Crippen LogP contribution in [0.5, 0.6) is 0 Å². The summed E-state index contributed by atoms with van der Waals surface area (Å²) in [5.74, 6) is -0.374. The third-order valence-corrected chi connectivity index (χ3v) is 3.45. The largest absolute Gasteiger partial charge is 0.317 e. The normalized spacial score (nSPS) is 14.2. The Morgan fingerprint density at radius 1 is 1.05 bits per heavy atom. The molecule has 0 bridgehead atoms. The quantitative estimate of drug-likeness (QED) is 0.776. The second-order valence-corrected chi connectivity index (χ2v) is 4.94. The molecule has 3 rings (SSSR count). The molecule has 0 fully saturated rings. The Morgan fingerprint density at radius 2 is 1.85 bits per heavy atom. The van der Waals surface area contributed by atoms with Crippen molar-refractivity contribution in [2.45, 2.75) is 12.5 Å². The van der Waals surface area contributed by atoms with E-state index >= 15 is 0 Å². The number of aromatic nitrogens is 2. The van der Waals surface area contributed by atoms with Gasteiger partial charge < -0.3 is 5.73 Å². The maximum atomic E-state index is 13.0. The standard InChI is InChI=1S/C16H14FN3/c1-16(18,14-8-7-12(17)10-20-14)13-6-2-4-11-5-3-9-19-15(11)13/h2-10H,18H2,1H3. The molecule has 0 aliphatic rings. The van der Waals surface area contributed by atoms with Crippen molar-refractivity contribution in [2.24, 2.45) is 5.73 Å². The van der Waals surface area contributed by atoms with Gasteiger partial charge in [-0.05, 0) is 25.1 Å². The molecule has 1 unspecified atom stereocenters. The predicted molar refractivity (Wildman–Crippen MR) is 76.6 cm³/mol. The number of nitrogens with zero attached hydrogens (tertiary/aromatic N) is 2. The van der Waals surface area contributed by atoms with E-state index in [-0.39, 0.29) is 5.82 Å². The Hall–Kier alpha value is -2.33. The number of nitrogens with two attached hydrogens (primary N) is 1. The number of rotatable bonds is 2. The first-order valence-electron chi connectivity index (χ1n) is 6.34. The van der Waals surface area contributed by atoms with Gasteiger partial charge in [-0.15, -0.1) is 0 Å². The lowest BCUT2D eigenvalue weighted by atomic mass is 9.87. The number of hydrogen-bond acceptors (Lipinski definition) is 3. The number of para-hydroxylation sites is 1. The summed E-state index contributed by atoms with van der Waals surface area (Å²) in [6.45, 7) is 1.86. The number of pyridine rings is 2. The van der Waals surface area contributed by atoms with E-state index in [9.17, 15) is 4.39 Å². The first-order chi connectivity index (χ1) is 9.59. The maximum absolute atomic E-state index is 13.0. The molecule has 0 aliphatic heterocycles. The second kappa shape index (κ2) is 4.65. The molecule has 1 aromatic carbocycles. The van der Waals surface area contributed by atoms with Crippen LogP contribution in [0.4, 0.5) is 4.39 Å². The van der Waals surface area contributed by atoms with Gasteiger partial charge in [0.2, 0.25) is 0 Å². The summed E-state index contributed by atoms with van der Waals surface area (Å²) >= 11 is 0. The van der Waals surface area contributed by atoms with Crippen LogP contribution in [0.15, 0.2) is 54.9 Å². The summed E-state index contributed by atoms with van der Waals surface area (Å²) in [5.41, 5.74) is 7.94. The van der Waals surface area contributed by atoms with E-state index in [0.29, 0.717) is 5.69 Å². The number of hydrogen-bond donors (Lipinski definition) is 1. The molecule has 4 heteroatoms.